The molecule has 2 atom stereocenters. The number of ether oxygens (including phenoxy) is 1. The predicted molar refractivity (Wildman–Crippen MR) is 77.2 cm³/mol. The number of hydrogen-bond acceptors (Lipinski definition) is 3. The summed E-state index contributed by atoms with van der Waals surface area (Å²) in [5.41, 5.74) is 6.91. The molecule has 1 aromatic rings. The van der Waals surface area contributed by atoms with Crippen molar-refractivity contribution in [1.82, 2.24) is 5.32 Å². The molecule has 4 nitrogen and oxygen atoms in total. The Bertz CT molecular complexity index is 399. The molecule has 19 heavy (non-hydrogen) atoms. The third-order valence-corrected chi connectivity index (χ3v) is 2.59. The SMILES string of the molecule is CC(N)Cc1ccc(OC(C)C(=O)NC(C)C)cc1. The molecule has 0 aliphatic carbocycles. The lowest BCUT2D eigenvalue weighted by Gasteiger charge is -2.16. The Morgan fingerprint density at radius 1 is 1.21 bits per heavy atom. The summed E-state index contributed by atoms with van der Waals surface area (Å²) in [6.45, 7) is 7.57. The van der Waals surface area contributed by atoms with E-state index in [1.54, 1.807) is 6.92 Å². The van der Waals surface area contributed by atoms with Crippen LogP contribution in [0.4, 0.5) is 0 Å². The van der Waals surface area contributed by atoms with E-state index in [0.29, 0.717) is 5.75 Å². The van der Waals surface area contributed by atoms with Crippen molar-refractivity contribution in [1.29, 1.82) is 0 Å². The van der Waals surface area contributed by atoms with Gasteiger partial charge in [0.15, 0.2) is 6.10 Å². The molecule has 1 aromatic carbocycles. The summed E-state index contributed by atoms with van der Waals surface area (Å²) in [4.78, 5) is 11.7. The molecule has 2 unspecified atom stereocenters. The maximum atomic E-state index is 11.7. The fourth-order valence-corrected chi connectivity index (χ4v) is 1.74. The molecule has 1 amide bonds. The van der Waals surface area contributed by atoms with Gasteiger partial charge in [-0.05, 0) is 51.8 Å². The van der Waals surface area contributed by atoms with Crippen LogP contribution in [0.25, 0.3) is 0 Å². The highest BCUT2D eigenvalue weighted by Gasteiger charge is 2.15. The zero-order valence-electron chi connectivity index (χ0n) is 12.1. The van der Waals surface area contributed by atoms with Gasteiger partial charge in [0, 0.05) is 12.1 Å². The standard InChI is InChI=1S/C15H24N2O2/c1-10(2)17-15(18)12(4)19-14-7-5-13(6-8-14)9-11(3)16/h5-8,10-12H,9,16H2,1-4H3,(H,17,18). The van der Waals surface area contributed by atoms with Gasteiger partial charge in [0.25, 0.3) is 5.91 Å². The maximum Gasteiger partial charge on any atom is 0.260 e. The molecule has 0 aliphatic rings. The monoisotopic (exact) mass is 264 g/mol. The van der Waals surface area contributed by atoms with Crippen LogP contribution in [0.1, 0.15) is 33.3 Å². The zero-order valence-corrected chi connectivity index (χ0v) is 12.1. The molecule has 0 saturated heterocycles. The Morgan fingerprint density at radius 2 is 1.79 bits per heavy atom. The van der Waals surface area contributed by atoms with Gasteiger partial charge in [0.05, 0.1) is 0 Å². The molecule has 0 radical (unpaired) electrons. The van der Waals surface area contributed by atoms with Crippen LogP contribution in [0, 0.1) is 0 Å². The third-order valence-electron chi connectivity index (χ3n) is 2.59. The van der Waals surface area contributed by atoms with Crippen LogP contribution in [0.5, 0.6) is 5.75 Å². The van der Waals surface area contributed by atoms with Crippen LogP contribution in [-0.2, 0) is 11.2 Å². The number of carbonyl (C=O) groups excluding carboxylic acids is 1. The molecular weight excluding hydrogens is 240 g/mol. The number of rotatable bonds is 6. The van der Waals surface area contributed by atoms with Crippen molar-refractivity contribution >= 4 is 5.91 Å². The Balaban J connectivity index is 2.55. The minimum Gasteiger partial charge on any atom is -0.481 e. The first-order valence-corrected chi connectivity index (χ1v) is 6.70. The van der Waals surface area contributed by atoms with Gasteiger partial charge >= 0.3 is 0 Å². The molecule has 1 rings (SSSR count). The van der Waals surface area contributed by atoms with Crippen LogP contribution < -0.4 is 15.8 Å². The number of carbonyl (C=O) groups is 1. The van der Waals surface area contributed by atoms with Crippen molar-refractivity contribution in [3.05, 3.63) is 29.8 Å². The minimum absolute atomic E-state index is 0.102. The van der Waals surface area contributed by atoms with Gasteiger partial charge < -0.3 is 15.8 Å². The van der Waals surface area contributed by atoms with E-state index in [1.165, 1.54) is 5.56 Å². The number of amides is 1. The normalized spacial score (nSPS) is 14.0. The summed E-state index contributed by atoms with van der Waals surface area (Å²) in [5.74, 6) is 0.592. The van der Waals surface area contributed by atoms with E-state index in [2.05, 4.69) is 5.32 Å². The van der Waals surface area contributed by atoms with Crippen LogP contribution in [0.3, 0.4) is 0 Å². The Morgan fingerprint density at radius 3 is 2.26 bits per heavy atom. The Labute approximate surface area is 115 Å². The van der Waals surface area contributed by atoms with E-state index in [-0.39, 0.29) is 18.0 Å². The fourth-order valence-electron chi connectivity index (χ4n) is 1.74. The van der Waals surface area contributed by atoms with E-state index in [4.69, 9.17) is 10.5 Å². The smallest absolute Gasteiger partial charge is 0.260 e. The molecule has 0 spiro atoms. The van der Waals surface area contributed by atoms with E-state index in [1.807, 2.05) is 45.0 Å². The lowest BCUT2D eigenvalue weighted by molar-refractivity contribution is -0.127. The second kappa shape index (κ2) is 7.14. The van der Waals surface area contributed by atoms with Crippen molar-refractivity contribution in [3.8, 4) is 5.75 Å². The second-order valence-corrected chi connectivity index (χ2v) is 5.25. The van der Waals surface area contributed by atoms with Crippen LogP contribution in [0.15, 0.2) is 24.3 Å². The average Bonchev–Trinajstić information content (AvgIpc) is 2.30. The molecule has 0 heterocycles. The zero-order chi connectivity index (χ0) is 14.4. The fraction of sp³-hybridized carbons (Fsp3) is 0.533. The minimum atomic E-state index is -0.498. The van der Waals surface area contributed by atoms with Crippen molar-refractivity contribution in [2.75, 3.05) is 0 Å². The highest BCUT2D eigenvalue weighted by atomic mass is 16.5. The number of nitrogens with two attached hydrogens (primary N) is 1. The number of nitrogens with one attached hydrogen (secondary N) is 1. The first-order valence-electron chi connectivity index (χ1n) is 6.70. The molecule has 0 saturated carbocycles. The third kappa shape index (κ3) is 5.75. The molecule has 106 valence electrons. The van der Waals surface area contributed by atoms with Crippen LogP contribution in [-0.4, -0.2) is 24.1 Å². The van der Waals surface area contributed by atoms with Crippen LogP contribution in [0.2, 0.25) is 0 Å². The molecule has 3 N–H and O–H groups in total. The van der Waals surface area contributed by atoms with Gasteiger partial charge in [0.1, 0.15) is 5.75 Å². The van der Waals surface area contributed by atoms with Gasteiger partial charge in [-0.2, -0.15) is 0 Å². The first-order chi connectivity index (χ1) is 8.88. The lowest BCUT2D eigenvalue weighted by atomic mass is 10.1. The Hall–Kier alpha value is -1.55. The van der Waals surface area contributed by atoms with E-state index >= 15 is 0 Å². The van der Waals surface area contributed by atoms with Gasteiger partial charge in [-0.25, -0.2) is 0 Å². The predicted octanol–water partition coefficient (Wildman–Crippen LogP) is 1.87. The van der Waals surface area contributed by atoms with Crippen molar-refractivity contribution in [2.45, 2.75) is 52.3 Å². The topological polar surface area (TPSA) is 64.3 Å². The van der Waals surface area contributed by atoms with Gasteiger partial charge in [-0.15, -0.1) is 0 Å². The van der Waals surface area contributed by atoms with Gasteiger partial charge in [0.2, 0.25) is 0 Å². The molecule has 0 bridgehead atoms. The highest BCUT2D eigenvalue weighted by Crippen LogP contribution is 2.14. The summed E-state index contributed by atoms with van der Waals surface area (Å²) < 4.78 is 5.59. The molecule has 0 fully saturated rings. The van der Waals surface area contributed by atoms with Gasteiger partial charge in [-0.3, -0.25) is 4.79 Å². The number of hydrogen-bond donors (Lipinski definition) is 2. The summed E-state index contributed by atoms with van der Waals surface area (Å²) >= 11 is 0. The van der Waals surface area contributed by atoms with Crippen molar-refractivity contribution in [2.24, 2.45) is 5.73 Å². The summed E-state index contributed by atoms with van der Waals surface area (Å²) in [6, 6.07) is 7.96. The Kier molecular flexibility index (Phi) is 5.83. The summed E-state index contributed by atoms with van der Waals surface area (Å²) in [7, 11) is 0. The van der Waals surface area contributed by atoms with Crippen molar-refractivity contribution < 1.29 is 9.53 Å². The largest absolute Gasteiger partial charge is 0.481 e. The summed E-state index contributed by atoms with van der Waals surface area (Å²) in [6.07, 6.45) is 0.339. The van der Waals surface area contributed by atoms with Crippen LogP contribution >= 0.6 is 0 Å². The molecule has 4 heteroatoms. The number of benzene rings is 1. The summed E-state index contributed by atoms with van der Waals surface area (Å²) in [5, 5.41) is 2.82. The second-order valence-electron chi connectivity index (χ2n) is 5.25. The molecular formula is C15H24N2O2. The average molecular weight is 264 g/mol. The van der Waals surface area contributed by atoms with E-state index < -0.39 is 6.10 Å². The molecule has 0 aromatic heterocycles. The first kappa shape index (κ1) is 15.5. The molecule has 0 aliphatic heterocycles. The van der Waals surface area contributed by atoms with E-state index in [9.17, 15) is 4.79 Å². The van der Waals surface area contributed by atoms with Gasteiger partial charge in [-0.1, -0.05) is 12.1 Å². The highest BCUT2D eigenvalue weighted by molar-refractivity contribution is 5.80. The maximum absolute atomic E-state index is 11.7. The quantitative estimate of drug-likeness (QED) is 0.824. The van der Waals surface area contributed by atoms with E-state index in [0.717, 1.165) is 6.42 Å². The lowest BCUT2D eigenvalue weighted by Crippen LogP contribution is -2.40. The van der Waals surface area contributed by atoms with Crippen molar-refractivity contribution in [3.63, 3.8) is 0 Å².